The number of hydrogen-bond acceptors (Lipinski definition) is 1. The average Bonchev–Trinajstić information content (AvgIpc) is 2.04. The molecule has 0 aliphatic carbocycles. The second kappa shape index (κ2) is 16.2. The van der Waals surface area contributed by atoms with Crippen LogP contribution in [0.5, 0.6) is 0 Å². The van der Waals surface area contributed by atoms with Crippen LogP contribution in [0.3, 0.4) is 0 Å². The van der Waals surface area contributed by atoms with Crippen molar-refractivity contribution in [1.82, 2.24) is 0 Å². The minimum atomic E-state index is 0.663. The lowest BCUT2D eigenvalue weighted by atomic mass is 10.3. The summed E-state index contributed by atoms with van der Waals surface area (Å²) in [6, 6.07) is 0. The fourth-order valence-corrected chi connectivity index (χ4v) is 0.469. The number of hydrogen-bond donors (Lipinski definition) is 1. The summed E-state index contributed by atoms with van der Waals surface area (Å²) in [4.78, 5) is 0. The van der Waals surface area contributed by atoms with E-state index in [4.69, 9.17) is 5.73 Å². The van der Waals surface area contributed by atoms with Crippen LogP contribution in [0.4, 0.5) is 0 Å². The highest BCUT2D eigenvalue weighted by molar-refractivity contribution is 4.76. The molecule has 2 N–H and O–H groups in total. The molecule has 0 saturated heterocycles. The van der Waals surface area contributed by atoms with Gasteiger partial charge in [0.15, 0.2) is 0 Å². The maximum atomic E-state index is 5.05. The molecule has 0 atom stereocenters. The first kappa shape index (κ1) is 13.1. The Morgan fingerprint density at radius 2 is 1.64 bits per heavy atom. The van der Waals surface area contributed by atoms with E-state index in [1.807, 2.05) is 19.1 Å². The molecule has 0 aromatic carbocycles. The Bertz CT molecular complexity index is 93.0. The van der Waals surface area contributed by atoms with Crippen LogP contribution in [0.2, 0.25) is 0 Å². The Kier molecular flexibility index (Phi) is 19.3. The van der Waals surface area contributed by atoms with Gasteiger partial charge in [0.2, 0.25) is 0 Å². The van der Waals surface area contributed by atoms with Crippen LogP contribution in [0.1, 0.15) is 33.6 Å². The lowest BCUT2D eigenvalue weighted by Crippen LogP contribution is -1.90. The van der Waals surface area contributed by atoms with Gasteiger partial charge in [-0.15, -0.1) is 0 Å². The summed E-state index contributed by atoms with van der Waals surface area (Å²) in [5.74, 6) is 0. The molecule has 0 bridgehead atoms. The molecule has 0 fully saturated rings. The molecule has 0 aliphatic rings. The van der Waals surface area contributed by atoms with Gasteiger partial charge in [-0.25, -0.2) is 0 Å². The molecule has 66 valence electrons. The van der Waals surface area contributed by atoms with E-state index in [0.29, 0.717) is 6.54 Å². The van der Waals surface area contributed by atoms with Crippen LogP contribution >= 0.6 is 0 Å². The van der Waals surface area contributed by atoms with Crippen LogP contribution in [0, 0.1) is 0 Å². The molecule has 0 unspecified atom stereocenters. The third kappa shape index (κ3) is 26.5. The Labute approximate surface area is 71.0 Å². The van der Waals surface area contributed by atoms with Gasteiger partial charge in [0.1, 0.15) is 0 Å². The first-order chi connectivity index (χ1) is 5.33. The largest absolute Gasteiger partial charge is 0.327 e. The summed E-state index contributed by atoms with van der Waals surface area (Å²) in [6.45, 7) is 6.85. The second-order valence-electron chi connectivity index (χ2n) is 2.16. The van der Waals surface area contributed by atoms with Gasteiger partial charge in [-0.2, -0.15) is 0 Å². The topological polar surface area (TPSA) is 26.0 Å². The normalized spacial score (nSPS) is 10.2. The molecule has 0 heterocycles. The van der Waals surface area contributed by atoms with E-state index in [9.17, 15) is 0 Å². The first-order valence-electron chi connectivity index (χ1n) is 4.25. The van der Waals surface area contributed by atoms with Gasteiger partial charge >= 0.3 is 0 Å². The molecular formula is C10H21N. The quantitative estimate of drug-likeness (QED) is 0.623. The maximum absolute atomic E-state index is 5.05. The summed E-state index contributed by atoms with van der Waals surface area (Å²) >= 11 is 0. The fraction of sp³-hybridized carbons (Fsp3) is 0.600. The lowest BCUT2D eigenvalue weighted by Gasteiger charge is -1.76. The van der Waals surface area contributed by atoms with Crippen molar-refractivity contribution >= 4 is 0 Å². The number of unbranched alkanes of at least 4 members (excludes halogenated alkanes) is 1. The van der Waals surface area contributed by atoms with Gasteiger partial charge in [0.05, 0.1) is 0 Å². The van der Waals surface area contributed by atoms with Gasteiger partial charge in [-0.1, -0.05) is 37.6 Å². The van der Waals surface area contributed by atoms with Crippen LogP contribution < -0.4 is 5.73 Å². The molecule has 0 spiro atoms. The number of nitrogens with two attached hydrogens (primary N) is 1. The van der Waals surface area contributed by atoms with Crippen molar-refractivity contribution in [1.29, 1.82) is 0 Å². The summed E-state index contributed by atoms with van der Waals surface area (Å²) < 4.78 is 0. The predicted molar refractivity (Wildman–Crippen MR) is 53.6 cm³/mol. The van der Waals surface area contributed by atoms with Gasteiger partial charge in [0, 0.05) is 6.54 Å². The summed E-state index contributed by atoms with van der Waals surface area (Å²) in [5, 5.41) is 0. The highest BCUT2D eigenvalue weighted by atomic mass is 14.5. The van der Waals surface area contributed by atoms with Crippen LogP contribution in [-0.2, 0) is 0 Å². The molecule has 0 saturated carbocycles. The minimum Gasteiger partial charge on any atom is -0.327 e. The zero-order valence-electron chi connectivity index (χ0n) is 8.01. The van der Waals surface area contributed by atoms with Crippen molar-refractivity contribution < 1.29 is 0 Å². The van der Waals surface area contributed by atoms with Crippen molar-refractivity contribution in [2.75, 3.05) is 6.54 Å². The molecule has 0 rings (SSSR count). The van der Waals surface area contributed by atoms with Gasteiger partial charge in [-0.05, 0) is 20.3 Å². The molecular weight excluding hydrogens is 134 g/mol. The van der Waals surface area contributed by atoms with Gasteiger partial charge in [-0.3, -0.25) is 0 Å². The molecule has 11 heavy (non-hydrogen) atoms. The first-order valence-corrected chi connectivity index (χ1v) is 4.25. The summed E-state index contributed by atoms with van der Waals surface area (Å²) in [5.41, 5.74) is 5.05. The Morgan fingerprint density at radius 1 is 1.09 bits per heavy atom. The van der Waals surface area contributed by atoms with Gasteiger partial charge in [0.25, 0.3) is 0 Å². The SMILES string of the molecule is C/C=C\CCC.C/C=C\CN. The Hall–Kier alpha value is -0.560. The van der Waals surface area contributed by atoms with E-state index in [1.54, 1.807) is 0 Å². The average molecular weight is 155 g/mol. The van der Waals surface area contributed by atoms with E-state index in [-0.39, 0.29) is 0 Å². The molecule has 0 amide bonds. The molecule has 1 heteroatoms. The smallest absolute Gasteiger partial charge is 0.0106 e. The summed E-state index contributed by atoms with van der Waals surface area (Å²) in [6.07, 6.45) is 10.6. The van der Waals surface area contributed by atoms with Crippen LogP contribution in [-0.4, -0.2) is 6.54 Å². The van der Waals surface area contributed by atoms with Crippen LogP contribution in [0.15, 0.2) is 24.3 Å². The van der Waals surface area contributed by atoms with Crippen molar-refractivity contribution in [3.05, 3.63) is 24.3 Å². The van der Waals surface area contributed by atoms with E-state index >= 15 is 0 Å². The second-order valence-corrected chi connectivity index (χ2v) is 2.16. The number of allylic oxidation sites excluding steroid dienone is 3. The molecule has 1 nitrogen and oxygen atoms in total. The highest BCUT2D eigenvalue weighted by Gasteiger charge is 1.64. The molecule has 0 radical (unpaired) electrons. The standard InChI is InChI=1S/C6H12.C4H9N/c1-3-5-6-4-2;1-2-3-4-5/h3,5H,4,6H2,1-2H3;2-3H,4-5H2,1H3/b5-3-;3-2-. The Morgan fingerprint density at radius 3 is 1.73 bits per heavy atom. The third-order valence-corrected chi connectivity index (χ3v) is 1.06. The van der Waals surface area contributed by atoms with Crippen molar-refractivity contribution in [2.45, 2.75) is 33.6 Å². The van der Waals surface area contributed by atoms with Gasteiger partial charge < -0.3 is 5.73 Å². The van der Waals surface area contributed by atoms with Crippen molar-refractivity contribution in [2.24, 2.45) is 5.73 Å². The minimum absolute atomic E-state index is 0.663. The zero-order valence-corrected chi connectivity index (χ0v) is 8.01. The van der Waals surface area contributed by atoms with Crippen molar-refractivity contribution in [3.8, 4) is 0 Å². The van der Waals surface area contributed by atoms with Crippen molar-refractivity contribution in [3.63, 3.8) is 0 Å². The third-order valence-electron chi connectivity index (χ3n) is 1.06. The number of rotatable bonds is 3. The molecule has 0 aromatic rings. The van der Waals surface area contributed by atoms with E-state index in [1.165, 1.54) is 12.8 Å². The molecule has 0 aliphatic heterocycles. The van der Waals surface area contributed by atoms with E-state index < -0.39 is 0 Å². The Balaban J connectivity index is 0. The monoisotopic (exact) mass is 155 g/mol. The zero-order chi connectivity index (χ0) is 8.95. The maximum Gasteiger partial charge on any atom is 0.0106 e. The highest BCUT2D eigenvalue weighted by Crippen LogP contribution is 1.85. The van der Waals surface area contributed by atoms with E-state index in [2.05, 4.69) is 26.0 Å². The fourth-order valence-electron chi connectivity index (χ4n) is 0.469. The predicted octanol–water partition coefficient (Wildman–Crippen LogP) is 2.88. The van der Waals surface area contributed by atoms with E-state index in [0.717, 1.165) is 0 Å². The molecule has 0 aromatic heterocycles. The van der Waals surface area contributed by atoms with Crippen LogP contribution in [0.25, 0.3) is 0 Å². The lowest BCUT2D eigenvalue weighted by molar-refractivity contribution is 0.957. The summed E-state index contributed by atoms with van der Waals surface area (Å²) in [7, 11) is 0.